The predicted molar refractivity (Wildman–Crippen MR) is 107 cm³/mol. The van der Waals surface area contributed by atoms with Gasteiger partial charge < -0.3 is 15.4 Å². The van der Waals surface area contributed by atoms with Crippen LogP contribution in [0.4, 0.5) is 8.78 Å². The molecule has 2 aromatic rings. The molecule has 0 saturated heterocycles. The van der Waals surface area contributed by atoms with Gasteiger partial charge in [-0.15, -0.1) is 24.0 Å². The van der Waals surface area contributed by atoms with Gasteiger partial charge in [0, 0.05) is 19.7 Å². The summed E-state index contributed by atoms with van der Waals surface area (Å²) in [7, 11) is 1.66. The minimum atomic E-state index is -0.329. The highest BCUT2D eigenvalue weighted by molar-refractivity contribution is 14.0. The van der Waals surface area contributed by atoms with Crippen LogP contribution < -0.4 is 15.4 Å². The molecule has 25 heavy (non-hydrogen) atoms. The van der Waals surface area contributed by atoms with E-state index in [2.05, 4.69) is 15.6 Å². The summed E-state index contributed by atoms with van der Waals surface area (Å²) >= 11 is 0. The molecule has 7 heteroatoms. The first-order chi connectivity index (χ1) is 11.6. The smallest absolute Gasteiger partial charge is 0.191 e. The standard InChI is InChI=1S/C18H21F2N3O.HI/c1-13(24-17-5-3-4-16(20)10-17)11-22-18(21-2)23-12-14-6-8-15(19)9-7-14;/h3-10,13H,11-12H2,1-2H3,(H2,21,22,23);1H. The van der Waals surface area contributed by atoms with Crippen molar-refractivity contribution in [2.75, 3.05) is 13.6 Å². The van der Waals surface area contributed by atoms with Gasteiger partial charge >= 0.3 is 0 Å². The van der Waals surface area contributed by atoms with Crippen LogP contribution in [0.1, 0.15) is 12.5 Å². The van der Waals surface area contributed by atoms with E-state index in [0.717, 1.165) is 5.56 Å². The number of rotatable bonds is 6. The Kier molecular flexibility index (Phi) is 9.18. The van der Waals surface area contributed by atoms with E-state index in [1.54, 1.807) is 31.3 Å². The molecule has 0 fully saturated rings. The minimum Gasteiger partial charge on any atom is -0.489 e. The Morgan fingerprint density at radius 3 is 2.44 bits per heavy atom. The van der Waals surface area contributed by atoms with Crippen LogP contribution >= 0.6 is 24.0 Å². The zero-order valence-electron chi connectivity index (χ0n) is 14.1. The van der Waals surface area contributed by atoms with Crippen molar-refractivity contribution in [1.82, 2.24) is 10.6 Å². The number of hydrogen-bond donors (Lipinski definition) is 2. The van der Waals surface area contributed by atoms with Gasteiger partial charge in [-0.05, 0) is 36.8 Å². The molecule has 0 aromatic heterocycles. The van der Waals surface area contributed by atoms with Gasteiger partial charge in [-0.2, -0.15) is 0 Å². The molecule has 136 valence electrons. The summed E-state index contributed by atoms with van der Waals surface area (Å²) in [5, 5.41) is 6.27. The van der Waals surface area contributed by atoms with Crippen LogP contribution in [0.5, 0.6) is 5.75 Å². The second kappa shape index (κ2) is 10.9. The van der Waals surface area contributed by atoms with Gasteiger partial charge in [0.15, 0.2) is 5.96 Å². The van der Waals surface area contributed by atoms with Crippen molar-refractivity contribution < 1.29 is 13.5 Å². The summed E-state index contributed by atoms with van der Waals surface area (Å²) in [5.41, 5.74) is 0.948. The van der Waals surface area contributed by atoms with Gasteiger partial charge in [0.1, 0.15) is 23.5 Å². The Balaban J connectivity index is 0.00000312. The molecule has 2 rings (SSSR count). The van der Waals surface area contributed by atoms with Crippen molar-refractivity contribution >= 4 is 29.9 Å². The van der Waals surface area contributed by atoms with E-state index in [1.165, 1.54) is 24.3 Å². The summed E-state index contributed by atoms with van der Waals surface area (Å²) in [6, 6.07) is 12.3. The van der Waals surface area contributed by atoms with Crippen molar-refractivity contribution in [3.05, 3.63) is 65.7 Å². The third-order valence-electron chi connectivity index (χ3n) is 3.29. The Labute approximate surface area is 163 Å². The normalized spacial score (nSPS) is 12.1. The Bertz CT molecular complexity index is 680. The van der Waals surface area contributed by atoms with Crippen LogP contribution in [0.2, 0.25) is 0 Å². The first-order valence-corrected chi connectivity index (χ1v) is 7.68. The fourth-order valence-corrected chi connectivity index (χ4v) is 2.06. The van der Waals surface area contributed by atoms with Crippen molar-refractivity contribution in [3.63, 3.8) is 0 Å². The van der Waals surface area contributed by atoms with Crippen LogP contribution in [0, 0.1) is 11.6 Å². The average Bonchev–Trinajstić information content (AvgIpc) is 2.56. The summed E-state index contributed by atoms with van der Waals surface area (Å²) in [5.74, 6) is 0.501. The highest BCUT2D eigenvalue weighted by Crippen LogP contribution is 2.13. The number of ether oxygens (including phenoxy) is 1. The maximum Gasteiger partial charge on any atom is 0.191 e. The van der Waals surface area contributed by atoms with E-state index >= 15 is 0 Å². The lowest BCUT2D eigenvalue weighted by Crippen LogP contribution is -2.41. The van der Waals surface area contributed by atoms with Crippen LogP contribution in [0.25, 0.3) is 0 Å². The molecule has 0 aliphatic heterocycles. The maximum absolute atomic E-state index is 13.1. The number of hydrogen-bond acceptors (Lipinski definition) is 2. The molecule has 0 saturated carbocycles. The highest BCUT2D eigenvalue weighted by atomic mass is 127. The molecule has 0 bridgehead atoms. The van der Waals surface area contributed by atoms with Gasteiger partial charge in [-0.3, -0.25) is 4.99 Å². The first-order valence-electron chi connectivity index (χ1n) is 7.68. The number of aliphatic imine (C=N–C) groups is 1. The van der Waals surface area contributed by atoms with Crippen molar-refractivity contribution in [2.24, 2.45) is 4.99 Å². The quantitative estimate of drug-likeness (QED) is 0.392. The van der Waals surface area contributed by atoms with Crippen molar-refractivity contribution in [2.45, 2.75) is 19.6 Å². The highest BCUT2D eigenvalue weighted by Gasteiger charge is 2.06. The van der Waals surface area contributed by atoms with E-state index in [0.29, 0.717) is 24.8 Å². The summed E-state index contributed by atoms with van der Waals surface area (Å²) in [4.78, 5) is 4.12. The molecule has 4 nitrogen and oxygen atoms in total. The lowest BCUT2D eigenvalue weighted by molar-refractivity contribution is 0.223. The molecule has 2 aromatic carbocycles. The van der Waals surface area contributed by atoms with Gasteiger partial charge in [0.2, 0.25) is 0 Å². The molecular weight excluding hydrogens is 439 g/mol. The van der Waals surface area contributed by atoms with Gasteiger partial charge in [-0.25, -0.2) is 8.78 Å². The number of halogens is 3. The van der Waals surface area contributed by atoms with Gasteiger partial charge in [0.05, 0.1) is 6.54 Å². The molecule has 0 spiro atoms. The monoisotopic (exact) mass is 461 g/mol. The van der Waals surface area contributed by atoms with E-state index in [-0.39, 0.29) is 41.7 Å². The number of benzene rings is 2. The lowest BCUT2D eigenvalue weighted by atomic mass is 10.2. The largest absolute Gasteiger partial charge is 0.489 e. The first kappa shape index (κ1) is 21.1. The predicted octanol–water partition coefficient (Wildman–Crippen LogP) is 3.72. The molecule has 1 unspecified atom stereocenters. The van der Waals surface area contributed by atoms with E-state index < -0.39 is 0 Å². The molecule has 0 aliphatic rings. The zero-order valence-corrected chi connectivity index (χ0v) is 16.5. The topological polar surface area (TPSA) is 45.7 Å². The van der Waals surface area contributed by atoms with E-state index in [1.807, 2.05) is 6.92 Å². The van der Waals surface area contributed by atoms with Gasteiger partial charge in [-0.1, -0.05) is 18.2 Å². The summed E-state index contributed by atoms with van der Waals surface area (Å²) < 4.78 is 31.6. The lowest BCUT2D eigenvalue weighted by Gasteiger charge is -2.17. The van der Waals surface area contributed by atoms with Crippen molar-refractivity contribution in [3.8, 4) is 5.75 Å². The Morgan fingerprint density at radius 1 is 1.08 bits per heavy atom. The molecular formula is C18H22F2IN3O. The maximum atomic E-state index is 13.1. The average molecular weight is 461 g/mol. The number of guanidine groups is 1. The van der Waals surface area contributed by atoms with Crippen LogP contribution in [-0.4, -0.2) is 25.7 Å². The fourth-order valence-electron chi connectivity index (χ4n) is 2.06. The van der Waals surface area contributed by atoms with E-state index in [4.69, 9.17) is 4.74 Å². The SMILES string of the molecule is CN=C(NCc1ccc(F)cc1)NCC(C)Oc1cccc(F)c1.I. The minimum absolute atomic E-state index is 0. The molecule has 0 aliphatic carbocycles. The molecule has 0 radical (unpaired) electrons. The summed E-state index contributed by atoms with van der Waals surface area (Å²) in [6.45, 7) is 2.91. The molecule has 1 atom stereocenters. The van der Waals surface area contributed by atoms with E-state index in [9.17, 15) is 8.78 Å². The molecule has 2 N–H and O–H groups in total. The molecule has 0 heterocycles. The second-order valence-electron chi connectivity index (χ2n) is 5.32. The van der Waals surface area contributed by atoms with Crippen molar-refractivity contribution in [1.29, 1.82) is 0 Å². The van der Waals surface area contributed by atoms with Crippen LogP contribution in [0.15, 0.2) is 53.5 Å². The number of nitrogens with one attached hydrogen (secondary N) is 2. The summed E-state index contributed by atoms with van der Waals surface area (Å²) in [6.07, 6.45) is -0.170. The fraction of sp³-hybridized carbons (Fsp3) is 0.278. The third-order valence-corrected chi connectivity index (χ3v) is 3.29. The number of nitrogens with zero attached hydrogens (tertiary/aromatic N) is 1. The zero-order chi connectivity index (χ0) is 17.4. The second-order valence-corrected chi connectivity index (χ2v) is 5.32. The third kappa shape index (κ3) is 7.68. The van der Waals surface area contributed by atoms with Crippen LogP contribution in [0.3, 0.4) is 0 Å². The molecule has 0 amide bonds. The van der Waals surface area contributed by atoms with Crippen LogP contribution in [-0.2, 0) is 6.54 Å². The van der Waals surface area contributed by atoms with Gasteiger partial charge in [0.25, 0.3) is 0 Å². The Hall–Kier alpha value is -1.90. The Morgan fingerprint density at radius 2 is 1.80 bits per heavy atom.